The molecular weight excluding hydrogens is 432 g/mol. The third-order valence-corrected chi connectivity index (χ3v) is 6.85. The number of amides is 1. The third kappa shape index (κ3) is 6.38. The molecule has 1 amide bonds. The summed E-state index contributed by atoms with van der Waals surface area (Å²) in [5, 5.41) is 14.8. The van der Waals surface area contributed by atoms with Crippen molar-refractivity contribution in [3.05, 3.63) is 65.2 Å². The minimum absolute atomic E-state index is 0.0511. The topological polar surface area (TPSA) is 145 Å². The maximum atomic E-state index is 12.8. The Kier molecular flexibility index (Phi) is 8.50. The lowest BCUT2D eigenvalue weighted by Crippen LogP contribution is -2.50. The van der Waals surface area contributed by atoms with Crippen molar-refractivity contribution in [2.45, 2.75) is 25.2 Å². The van der Waals surface area contributed by atoms with Crippen molar-refractivity contribution in [1.82, 2.24) is 9.21 Å². The molecule has 0 aliphatic carbocycles. The Morgan fingerprint density at radius 2 is 1.44 bits per heavy atom. The summed E-state index contributed by atoms with van der Waals surface area (Å²) in [6, 6.07) is 13.5. The van der Waals surface area contributed by atoms with Crippen molar-refractivity contribution in [3.63, 3.8) is 0 Å². The number of rotatable bonds is 5. The van der Waals surface area contributed by atoms with Gasteiger partial charge in [0, 0.05) is 44.2 Å². The second-order valence-electron chi connectivity index (χ2n) is 7.20. The van der Waals surface area contributed by atoms with Crippen LogP contribution in [0.2, 0.25) is 0 Å². The zero-order chi connectivity index (χ0) is 23.9. The molecule has 3 rings (SSSR count). The van der Waals surface area contributed by atoms with Gasteiger partial charge in [-0.25, -0.2) is 8.42 Å². The van der Waals surface area contributed by atoms with Crippen LogP contribution in [0.3, 0.4) is 0 Å². The molecule has 1 fully saturated rings. The van der Waals surface area contributed by atoms with Crippen LogP contribution in [0.15, 0.2) is 53.4 Å². The second-order valence-corrected chi connectivity index (χ2v) is 9.14. The molecule has 0 atom stereocenters. The zero-order valence-electron chi connectivity index (χ0n) is 18.1. The van der Waals surface area contributed by atoms with E-state index in [1.165, 1.54) is 4.31 Å². The SMILES string of the molecule is CC(=O)O.CCc1ccc(S(=O)(=O)N2CCN(C(=O)c3ccc(C(=N)N)cc3)CC2)cc1. The van der Waals surface area contributed by atoms with Gasteiger partial charge in [0.2, 0.25) is 10.0 Å². The van der Waals surface area contributed by atoms with Crippen molar-refractivity contribution < 1.29 is 23.1 Å². The second kappa shape index (κ2) is 10.9. The van der Waals surface area contributed by atoms with E-state index in [0.29, 0.717) is 24.2 Å². The quantitative estimate of drug-likeness (QED) is 0.458. The summed E-state index contributed by atoms with van der Waals surface area (Å²) in [4.78, 5) is 23.6. The molecule has 2 aromatic rings. The molecule has 2 aromatic carbocycles. The number of piperazine rings is 1. The summed E-state index contributed by atoms with van der Waals surface area (Å²) >= 11 is 0. The predicted octanol–water partition coefficient (Wildman–Crippen LogP) is 1.77. The molecule has 1 saturated heterocycles. The molecule has 1 aliphatic rings. The smallest absolute Gasteiger partial charge is 0.300 e. The Morgan fingerprint density at radius 1 is 0.969 bits per heavy atom. The largest absolute Gasteiger partial charge is 0.481 e. The Hall–Kier alpha value is -3.24. The Labute approximate surface area is 188 Å². The highest BCUT2D eigenvalue weighted by Crippen LogP contribution is 2.19. The number of amidine groups is 1. The van der Waals surface area contributed by atoms with Crippen LogP contribution < -0.4 is 5.73 Å². The van der Waals surface area contributed by atoms with Crippen LogP contribution in [0.4, 0.5) is 0 Å². The van der Waals surface area contributed by atoms with Gasteiger partial charge in [-0.1, -0.05) is 31.2 Å². The van der Waals surface area contributed by atoms with Gasteiger partial charge in [-0.3, -0.25) is 15.0 Å². The minimum atomic E-state index is -3.56. The van der Waals surface area contributed by atoms with Gasteiger partial charge in [-0.2, -0.15) is 4.31 Å². The van der Waals surface area contributed by atoms with Gasteiger partial charge in [0.15, 0.2) is 0 Å². The van der Waals surface area contributed by atoms with Gasteiger partial charge < -0.3 is 15.7 Å². The molecule has 0 radical (unpaired) electrons. The van der Waals surface area contributed by atoms with Crippen LogP contribution >= 0.6 is 0 Å². The molecule has 10 heteroatoms. The Balaban J connectivity index is 0.000000837. The number of hydrogen-bond donors (Lipinski definition) is 3. The number of nitrogens with zero attached hydrogens (tertiary/aromatic N) is 2. The molecule has 0 unspecified atom stereocenters. The normalized spacial score (nSPS) is 14.2. The molecule has 9 nitrogen and oxygen atoms in total. The van der Waals surface area contributed by atoms with Gasteiger partial charge in [0.05, 0.1) is 4.90 Å². The number of nitrogen functional groups attached to an aromatic ring is 1. The highest BCUT2D eigenvalue weighted by Gasteiger charge is 2.30. The van der Waals surface area contributed by atoms with Crippen LogP contribution in [-0.2, 0) is 21.2 Å². The molecule has 0 aromatic heterocycles. The van der Waals surface area contributed by atoms with Crippen molar-refractivity contribution in [2.24, 2.45) is 5.73 Å². The maximum Gasteiger partial charge on any atom is 0.300 e. The van der Waals surface area contributed by atoms with E-state index in [4.69, 9.17) is 21.0 Å². The average Bonchev–Trinajstić information content (AvgIpc) is 2.78. The molecule has 1 aliphatic heterocycles. The Morgan fingerprint density at radius 3 is 1.88 bits per heavy atom. The first-order chi connectivity index (χ1) is 15.1. The lowest BCUT2D eigenvalue weighted by atomic mass is 10.1. The molecule has 32 heavy (non-hydrogen) atoms. The van der Waals surface area contributed by atoms with Crippen molar-refractivity contribution in [2.75, 3.05) is 26.2 Å². The van der Waals surface area contributed by atoms with Gasteiger partial charge in [-0.15, -0.1) is 0 Å². The van der Waals surface area contributed by atoms with Crippen molar-refractivity contribution >= 4 is 27.7 Å². The monoisotopic (exact) mass is 460 g/mol. The number of aliphatic carboxylic acids is 1. The number of carbonyl (C=O) groups excluding carboxylic acids is 1. The predicted molar refractivity (Wildman–Crippen MR) is 121 cm³/mol. The van der Waals surface area contributed by atoms with E-state index in [1.807, 2.05) is 19.1 Å². The molecule has 1 heterocycles. The number of sulfonamides is 1. The van der Waals surface area contributed by atoms with Crippen molar-refractivity contribution in [1.29, 1.82) is 5.41 Å². The molecule has 0 saturated carbocycles. The number of carboxylic acids is 1. The highest BCUT2D eigenvalue weighted by atomic mass is 32.2. The van der Waals surface area contributed by atoms with Crippen LogP contribution in [0.1, 0.15) is 35.3 Å². The standard InChI is InChI=1S/C20H24N4O3S.C2H4O2/c1-2-15-3-9-18(10-4-15)28(26,27)24-13-11-23(12-14-24)20(25)17-7-5-16(6-8-17)19(21)22;1-2(3)4/h3-10H,2,11-14H2,1H3,(H3,21,22);1H3,(H,3,4). The molecular formula is C22H28N4O5S. The van der Waals surface area contributed by atoms with E-state index in [1.54, 1.807) is 41.3 Å². The minimum Gasteiger partial charge on any atom is -0.481 e. The van der Waals surface area contributed by atoms with Crippen LogP contribution in [0.25, 0.3) is 0 Å². The van der Waals surface area contributed by atoms with E-state index >= 15 is 0 Å². The summed E-state index contributed by atoms with van der Waals surface area (Å²) in [7, 11) is -3.56. The van der Waals surface area contributed by atoms with Gasteiger partial charge in [0.1, 0.15) is 5.84 Å². The summed E-state index contributed by atoms with van der Waals surface area (Å²) in [6.45, 7) is 4.29. The number of carboxylic acid groups (broad SMARTS) is 1. The fraction of sp³-hybridized carbons (Fsp3) is 0.318. The zero-order valence-corrected chi connectivity index (χ0v) is 18.9. The number of aryl methyl sites for hydroxylation is 1. The first-order valence-electron chi connectivity index (χ1n) is 10.1. The van der Waals surface area contributed by atoms with Crippen LogP contribution in [0, 0.1) is 5.41 Å². The number of hydrogen-bond acceptors (Lipinski definition) is 5. The molecule has 0 bridgehead atoms. The lowest BCUT2D eigenvalue weighted by molar-refractivity contribution is -0.134. The molecule has 172 valence electrons. The first kappa shape index (κ1) is 25.0. The molecule has 4 N–H and O–H groups in total. The van der Waals surface area contributed by atoms with E-state index in [0.717, 1.165) is 18.9 Å². The fourth-order valence-electron chi connectivity index (χ4n) is 3.15. The Bertz CT molecular complexity index is 1050. The number of benzene rings is 2. The summed E-state index contributed by atoms with van der Waals surface area (Å²) < 4.78 is 27.1. The molecule has 0 spiro atoms. The maximum absolute atomic E-state index is 12.8. The first-order valence-corrected chi connectivity index (χ1v) is 11.5. The number of carbonyl (C=O) groups is 2. The number of nitrogens with one attached hydrogen (secondary N) is 1. The van der Waals surface area contributed by atoms with Gasteiger partial charge in [-0.05, 0) is 36.2 Å². The summed E-state index contributed by atoms with van der Waals surface area (Å²) in [6.07, 6.45) is 0.856. The van der Waals surface area contributed by atoms with Gasteiger partial charge in [0.25, 0.3) is 11.9 Å². The summed E-state index contributed by atoms with van der Waals surface area (Å²) in [5.41, 5.74) is 7.57. The third-order valence-electron chi connectivity index (χ3n) is 4.94. The highest BCUT2D eigenvalue weighted by molar-refractivity contribution is 7.89. The van der Waals surface area contributed by atoms with Crippen LogP contribution in [0.5, 0.6) is 0 Å². The van der Waals surface area contributed by atoms with E-state index in [2.05, 4.69) is 0 Å². The average molecular weight is 461 g/mol. The van der Waals surface area contributed by atoms with Gasteiger partial charge >= 0.3 is 0 Å². The van der Waals surface area contributed by atoms with Crippen molar-refractivity contribution in [3.8, 4) is 0 Å². The number of nitrogens with two attached hydrogens (primary N) is 1. The summed E-state index contributed by atoms with van der Waals surface area (Å²) in [5.74, 6) is -1.04. The fourth-order valence-corrected chi connectivity index (χ4v) is 4.57. The van der Waals surface area contributed by atoms with E-state index in [9.17, 15) is 13.2 Å². The van der Waals surface area contributed by atoms with Crippen LogP contribution in [-0.4, -0.2) is 66.6 Å². The lowest BCUT2D eigenvalue weighted by Gasteiger charge is -2.34. The van der Waals surface area contributed by atoms with E-state index < -0.39 is 16.0 Å². The van der Waals surface area contributed by atoms with E-state index in [-0.39, 0.29) is 29.7 Å².